The molecule has 0 bridgehead atoms. The summed E-state index contributed by atoms with van der Waals surface area (Å²) in [4.78, 5) is 0. The minimum atomic E-state index is 0.463. The van der Waals surface area contributed by atoms with Crippen LogP contribution < -0.4 is 9.47 Å². The van der Waals surface area contributed by atoms with Gasteiger partial charge in [0.1, 0.15) is 6.61 Å². The molecule has 0 heterocycles. The lowest BCUT2D eigenvalue weighted by molar-refractivity contribution is 0.284. The number of ether oxygens (including phenoxy) is 2. The molecule has 19 heavy (non-hydrogen) atoms. The molecule has 0 saturated heterocycles. The van der Waals surface area contributed by atoms with E-state index in [2.05, 4.69) is 19.1 Å². The molecule has 0 atom stereocenters. The van der Waals surface area contributed by atoms with Gasteiger partial charge < -0.3 is 9.47 Å². The molecule has 0 unspecified atom stereocenters. The monoisotopic (exact) mass is 276 g/mol. The van der Waals surface area contributed by atoms with Crippen molar-refractivity contribution in [2.75, 3.05) is 7.11 Å². The minimum Gasteiger partial charge on any atom is -0.493 e. The van der Waals surface area contributed by atoms with Crippen LogP contribution in [0.25, 0.3) is 0 Å². The van der Waals surface area contributed by atoms with E-state index in [1.165, 1.54) is 5.56 Å². The lowest BCUT2D eigenvalue weighted by atomic mass is 10.1. The fourth-order valence-corrected chi connectivity index (χ4v) is 2.05. The van der Waals surface area contributed by atoms with Crippen molar-refractivity contribution in [2.45, 2.75) is 19.4 Å². The zero-order chi connectivity index (χ0) is 13.7. The third-order valence-electron chi connectivity index (χ3n) is 2.86. The van der Waals surface area contributed by atoms with Gasteiger partial charge in [-0.15, -0.1) is 11.6 Å². The Hall–Kier alpha value is -1.67. The van der Waals surface area contributed by atoms with Crippen molar-refractivity contribution in [3.8, 4) is 11.5 Å². The van der Waals surface area contributed by atoms with E-state index >= 15 is 0 Å². The van der Waals surface area contributed by atoms with Crippen LogP contribution in [0.15, 0.2) is 42.5 Å². The summed E-state index contributed by atoms with van der Waals surface area (Å²) >= 11 is 5.84. The second-order valence-corrected chi connectivity index (χ2v) is 4.66. The predicted octanol–water partition coefficient (Wildman–Crippen LogP) is 4.32. The molecule has 0 N–H and O–H groups in total. The first-order chi connectivity index (χ1) is 9.22. The maximum atomic E-state index is 5.84. The molecule has 2 rings (SSSR count). The fourth-order valence-electron chi connectivity index (χ4n) is 1.88. The van der Waals surface area contributed by atoms with E-state index in [9.17, 15) is 0 Å². The van der Waals surface area contributed by atoms with E-state index in [0.717, 1.165) is 22.6 Å². The average Bonchev–Trinajstić information content (AvgIpc) is 2.45. The summed E-state index contributed by atoms with van der Waals surface area (Å²) in [5, 5.41) is 0. The Morgan fingerprint density at radius 3 is 2.53 bits per heavy atom. The molecule has 0 aromatic heterocycles. The molecular formula is C16H17ClO2. The van der Waals surface area contributed by atoms with E-state index in [1.54, 1.807) is 7.11 Å². The van der Waals surface area contributed by atoms with Crippen LogP contribution in [0.4, 0.5) is 0 Å². The van der Waals surface area contributed by atoms with Crippen LogP contribution in [-0.4, -0.2) is 7.11 Å². The smallest absolute Gasteiger partial charge is 0.161 e. The number of hydrogen-bond donors (Lipinski definition) is 0. The summed E-state index contributed by atoms with van der Waals surface area (Å²) < 4.78 is 11.1. The molecule has 0 aliphatic carbocycles. The molecule has 0 aliphatic rings. The van der Waals surface area contributed by atoms with Gasteiger partial charge in [-0.1, -0.05) is 35.9 Å². The number of methoxy groups -OCH3 is 1. The maximum absolute atomic E-state index is 5.84. The van der Waals surface area contributed by atoms with Crippen molar-refractivity contribution in [1.82, 2.24) is 0 Å². The molecular weight excluding hydrogens is 260 g/mol. The molecule has 100 valence electrons. The summed E-state index contributed by atoms with van der Waals surface area (Å²) in [5.74, 6) is 1.91. The first-order valence-corrected chi connectivity index (χ1v) is 6.67. The summed E-state index contributed by atoms with van der Waals surface area (Å²) in [6, 6.07) is 14.0. The normalized spacial score (nSPS) is 10.3. The van der Waals surface area contributed by atoms with Gasteiger partial charge >= 0.3 is 0 Å². The number of benzene rings is 2. The molecule has 0 spiro atoms. The zero-order valence-electron chi connectivity index (χ0n) is 11.2. The summed E-state index contributed by atoms with van der Waals surface area (Å²) in [7, 11) is 1.63. The number of rotatable bonds is 5. The van der Waals surface area contributed by atoms with Gasteiger partial charge in [-0.25, -0.2) is 0 Å². The van der Waals surface area contributed by atoms with E-state index in [1.807, 2.05) is 30.3 Å². The van der Waals surface area contributed by atoms with Crippen LogP contribution in [0.3, 0.4) is 0 Å². The molecule has 0 saturated carbocycles. The summed E-state index contributed by atoms with van der Waals surface area (Å²) in [5.41, 5.74) is 3.38. The largest absolute Gasteiger partial charge is 0.493 e. The molecule has 0 aliphatic heterocycles. The molecule has 2 nitrogen and oxygen atoms in total. The standard InChI is InChI=1S/C16H17ClO2/c1-12-4-3-5-14(8-12)11-19-16-9-13(10-17)6-7-15(16)18-2/h3-9H,10-11H2,1-2H3. The van der Waals surface area contributed by atoms with E-state index in [4.69, 9.17) is 21.1 Å². The van der Waals surface area contributed by atoms with Crippen molar-refractivity contribution in [2.24, 2.45) is 0 Å². The highest BCUT2D eigenvalue weighted by Gasteiger charge is 2.06. The summed E-state index contributed by atoms with van der Waals surface area (Å²) in [6.07, 6.45) is 0. The van der Waals surface area contributed by atoms with Crippen molar-refractivity contribution in [1.29, 1.82) is 0 Å². The highest BCUT2D eigenvalue weighted by atomic mass is 35.5. The number of hydrogen-bond acceptors (Lipinski definition) is 2. The van der Waals surface area contributed by atoms with Gasteiger partial charge in [0.25, 0.3) is 0 Å². The lowest BCUT2D eigenvalue weighted by Crippen LogP contribution is -1.98. The van der Waals surface area contributed by atoms with Gasteiger partial charge in [0, 0.05) is 5.88 Å². The Morgan fingerprint density at radius 2 is 1.84 bits per heavy atom. The highest BCUT2D eigenvalue weighted by Crippen LogP contribution is 2.29. The Balaban J connectivity index is 2.14. The molecule has 0 amide bonds. The van der Waals surface area contributed by atoms with Gasteiger partial charge in [-0.2, -0.15) is 0 Å². The zero-order valence-corrected chi connectivity index (χ0v) is 11.9. The Kier molecular flexibility index (Phi) is 4.69. The number of alkyl halides is 1. The maximum Gasteiger partial charge on any atom is 0.161 e. The van der Waals surface area contributed by atoms with Crippen LogP contribution in [0.5, 0.6) is 11.5 Å². The Morgan fingerprint density at radius 1 is 1.00 bits per heavy atom. The first-order valence-electron chi connectivity index (χ1n) is 6.14. The molecule has 0 fully saturated rings. The molecule has 2 aromatic rings. The van der Waals surface area contributed by atoms with Gasteiger partial charge in [0.05, 0.1) is 7.11 Å². The van der Waals surface area contributed by atoms with Crippen LogP contribution in [0, 0.1) is 6.92 Å². The SMILES string of the molecule is COc1ccc(CCl)cc1OCc1cccc(C)c1. The van der Waals surface area contributed by atoms with Gasteiger partial charge in [-0.05, 0) is 30.2 Å². The van der Waals surface area contributed by atoms with Crippen LogP contribution in [-0.2, 0) is 12.5 Å². The molecule has 0 radical (unpaired) electrons. The van der Waals surface area contributed by atoms with Gasteiger partial charge in [0.15, 0.2) is 11.5 Å². The van der Waals surface area contributed by atoms with Crippen molar-refractivity contribution >= 4 is 11.6 Å². The van der Waals surface area contributed by atoms with Crippen LogP contribution in [0.1, 0.15) is 16.7 Å². The van der Waals surface area contributed by atoms with E-state index in [0.29, 0.717) is 12.5 Å². The fraction of sp³-hybridized carbons (Fsp3) is 0.250. The first kappa shape index (κ1) is 13.8. The Labute approximate surface area is 118 Å². The third-order valence-corrected chi connectivity index (χ3v) is 3.17. The molecule has 3 heteroatoms. The highest BCUT2D eigenvalue weighted by molar-refractivity contribution is 6.17. The van der Waals surface area contributed by atoms with Gasteiger partial charge in [-0.3, -0.25) is 0 Å². The topological polar surface area (TPSA) is 18.5 Å². The Bertz CT molecular complexity index is 552. The van der Waals surface area contributed by atoms with Crippen LogP contribution in [0.2, 0.25) is 0 Å². The second-order valence-electron chi connectivity index (χ2n) is 4.40. The van der Waals surface area contributed by atoms with Crippen molar-refractivity contribution in [3.63, 3.8) is 0 Å². The minimum absolute atomic E-state index is 0.463. The summed E-state index contributed by atoms with van der Waals surface area (Å²) in [6.45, 7) is 2.59. The number of halogens is 1. The average molecular weight is 277 g/mol. The van der Waals surface area contributed by atoms with E-state index in [-0.39, 0.29) is 0 Å². The number of aryl methyl sites for hydroxylation is 1. The quantitative estimate of drug-likeness (QED) is 0.757. The third kappa shape index (κ3) is 3.65. The van der Waals surface area contributed by atoms with Crippen molar-refractivity contribution < 1.29 is 9.47 Å². The van der Waals surface area contributed by atoms with Crippen LogP contribution >= 0.6 is 11.6 Å². The van der Waals surface area contributed by atoms with Gasteiger partial charge in [0.2, 0.25) is 0 Å². The second kappa shape index (κ2) is 6.48. The van der Waals surface area contributed by atoms with Crippen molar-refractivity contribution in [3.05, 3.63) is 59.2 Å². The van der Waals surface area contributed by atoms with E-state index < -0.39 is 0 Å². The lowest BCUT2D eigenvalue weighted by Gasteiger charge is -2.12. The molecule has 2 aromatic carbocycles. The predicted molar refractivity (Wildman–Crippen MR) is 78.1 cm³/mol.